The fourth-order valence-corrected chi connectivity index (χ4v) is 4.93. The van der Waals surface area contributed by atoms with Crippen LogP contribution in [0, 0.1) is 5.53 Å². The van der Waals surface area contributed by atoms with Gasteiger partial charge in [0, 0.05) is 17.6 Å². The Bertz CT molecular complexity index is 1090. The molecule has 0 fully saturated rings. The first kappa shape index (κ1) is 25.4. The molecule has 0 atom stereocenters. The van der Waals surface area contributed by atoms with E-state index in [9.17, 15) is 0 Å². The van der Waals surface area contributed by atoms with Crippen LogP contribution in [0.2, 0.25) is 5.02 Å². The maximum absolute atomic E-state index is 7.65. The second kappa shape index (κ2) is 13.5. The van der Waals surface area contributed by atoms with E-state index in [4.69, 9.17) is 26.9 Å². The lowest BCUT2D eigenvalue weighted by Crippen LogP contribution is -2.16. The predicted octanol–water partition coefficient (Wildman–Crippen LogP) is 8.51. The van der Waals surface area contributed by atoms with E-state index >= 15 is 0 Å². The number of unbranched alkanes of at least 4 members (excludes halogenated alkanes) is 6. The lowest BCUT2D eigenvalue weighted by atomic mass is 10.1. The maximum atomic E-state index is 7.65. The number of ether oxygens (including phenoxy) is 1. The highest BCUT2D eigenvalue weighted by Crippen LogP contribution is 2.34. The molecule has 0 unspecified atom stereocenters. The molecule has 3 aromatic rings. The summed E-state index contributed by atoms with van der Waals surface area (Å²) >= 11 is 7.73. The summed E-state index contributed by atoms with van der Waals surface area (Å²) < 4.78 is 9.41. The Morgan fingerprint density at radius 2 is 1.70 bits per heavy atom. The van der Waals surface area contributed by atoms with Crippen molar-refractivity contribution >= 4 is 38.8 Å². The van der Waals surface area contributed by atoms with E-state index in [1.165, 1.54) is 37.7 Å². The van der Waals surface area contributed by atoms with Gasteiger partial charge in [-0.05, 0) is 36.6 Å². The minimum Gasteiger partial charge on any atom is -0.491 e. The van der Waals surface area contributed by atoms with Crippen molar-refractivity contribution in [2.24, 2.45) is 10.1 Å². The van der Waals surface area contributed by atoms with Crippen molar-refractivity contribution in [2.75, 3.05) is 13.2 Å². The smallest absolute Gasteiger partial charge is 0.186 e. The number of nitrogens with zero attached hydrogens (tertiary/aromatic N) is 3. The van der Waals surface area contributed by atoms with Crippen molar-refractivity contribution in [1.29, 1.82) is 5.53 Å². The van der Waals surface area contributed by atoms with E-state index in [2.05, 4.69) is 35.7 Å². The summed E-state index contributed by atoms with van der Waals surface area (Å²) in [6, 6.07) is 11.9. The van der Waals surface area contributed by atoms with E-state index in [0.717, 1.165) is 45.8 Å². The third-order valence-electron chi connectivity index (χ3n) is 5.65. The Morgan fingerprint density at radius 3 is 2.42 bits per heavy atom. The second-order valence-electron chi connectivity index (χ2n) is 8.35. The van der Waals surface area contributed by atoms with Gasteiger partial charge in [-0.25, -0.2) is 5.53 Å². The van der Waals surface area contributed by atoms with Gasteiger partial charge in [-0.1, -0.05) is 87.4 Å². The molecule has 1 N–H and O–H groups in total. The number of halogens is 1. The molecule has 1 aromatic heterocycles. The molecule has 7 heteroatoms. The summed E-state index contributed by atoms with van der Waals surface area (Å²) in [6.07, 6.45) is 9.47. The molecule has 3 rings (SSSR count). The number of fused-ring (bicyclic) bond motifs is 1. The molecule has 0 aliphatic rings. The topological polar surface area (TPSA) is 62.7 Å². The Labute approximate surface area is 206 Å². The summed E-state index contributed by atoms with van der Waals surface area (Å²) in [5.41, 5.74) is 10.5. The molecule has 2 aromatic carbocycles. The molecular weight excluding hydrogens is 452 g/mol. The van der Waals surface area contributed by atoms with Crippen molar-refractivity contribution in [3.8, 4) is 5.75 Å². The number of thiazole rings is 1. The van der Waals surface area contributed by atoms with E-state index in [1.54, 1.807) is 11.3 Å². The summed E-state index contributed by atoms with van der Waals surface area (Å²) in [5.74, 6) is 0.675. The number of benzene rings is 2. The summed E-state index contributed by atoms with van der Waals surface area (Å²) in [4.78, 5) is 5.86. The highest BCUT2D eigenvalue weighted by molar-refractivity contribution is 7.16. The lowest BCUT2D eigenvalue weighted by Gasteiger charge is -2.11. The van der Waals surface area contributed by atoms with Crippen molar-refractivity contribution in [1.82, 2.24) is 4.57 Å². The predicted molar refractivity (Wildman–Crippen MR) is 139 cm³/mol. The minimum absolute atomic E-state index is 0.577. The van der Waals surface area contributed by atoms with Crippen LogP contribution in [0.15, 0.2) is 46.5 Å². The Kier molecular flexibility index (Phi) is 10.4. The van der Waals surface area contributed by atoms with E-state index in [1.807, 2.05) is 24.3 Å². The average molecular weight is 487 g/mol. The van der Waals surface area contributed by atoms with Crippen LogP contribution in [0.4, 0.5) is 5.69 Å². The number of aromatic nitrogens is 1. The number of rotatable bonds is 14. The van der Waals surface area contributed by atoms with Gasteiger partial charge in [0.15, 0.2) is 4.80 Å². The Hall–Kier alpha value is -2.18. The van der Waals surface area contributed by atoms with Crippen molar-refractivity contribution < 1.29 is 4.74 Å². The van der Waals surface area contributed by atoms with Gasteiger partial charge >= 0.3 is 0 Å². The van der Waals surface area contributed by atoms with Gasteiger partial charge in [-0.3, -0.25) is 4.99 Å². The molecule has 0 aliphatic heterocycles. The van der Waals surface area contributed by atoms with Crippen molar-refractivity contribution in [3.05, 3.63) is 51.8 Å². The van der Waals surface area contributed by atoms with Gasteiger partial charge in [-0.15, -0.1) is 0 Å². The van der Waals surface area contributed by atoms with Crippen LogP contribution in [-0.4, -0.2) is 17.7 Å². The molecule has 33 heavy (non-hydrogen) atoms. The third-order valence-corrected chi connectivity index (χ3v) is 6.98. The fraction of sp³-hybridized carbons (Fsp3) is 0.500. The molecule has 0 bridgehead atoms. The highest BCUT2D eigenvalue weighted by Gasteiger charge is 2.13. The third kappa shape index (κ3) is 7.41. The molecule has 178 valence electrons. The lowest BCUT2D eigenvalue weighted by molar-refractivity contribution is 0.305. The van der Waals surface area contributed by atoms with Gasteiger partial charge in [-0.2, -0.15) is 5.11 Å². The van der Waals surface area contributed by atoms with Crippen molar-refractivity contribution in [3.63, 3.8) is 0 Å². The number of nitrogens with one attached hydrogen (secondary N) is 1. The zero-order valence-corrected chi connectivity index (χ0v) is 21.4. The van der Waals surface area contributed by atoms with E-state index in [-0.39, 0.29) is 0 Å². The molecular formula is C26H35ClN4OS. The van der Waals surface area contributed by atoms with Gasteiger partial charge in [0.1, 0.15) is 11.4 Å². The zero-order valence-electron chi connectivity index (χ0n) is 19.8. The van der Waals surface area contributed by atoms with Crippen LogP contribution in [0.5, 0.6) is 5.75 Å². The fourth-order valence-electron chi connectivity index (χ4n) is 3.73. The molecule has 0 spiro atoms. The minimum atomic E-state index is 0.577. The first-order valence-corrected chi connectivity index (χ1v) is 13.3. The largest absolute Gasteiger partial charge is 0.491 e. The molecule has 0 radical (unpaired) electrons. The summed E-state index contributed by atoms with van der Waals surface area (Å²) in [7, 11) is 0. The van der Waals surface area contributed by atoms with Crippen LogP contribution in [0.1, 0.15) is 70.8 Å². The van der Waals surface area contributed by atoms with Gasteiger partial charge in [0.05, 0.1) is 23.4 Å². The van der Waals surface area contributed by atoms with Crippen LogP contribution in [-0.2, 0) is 6.54 Å². The van der Waals surface area contributed by atoms with Crippen LogP contribution in [0.25, 0.3) is 10.2 Å². The molecule has 0 saturated carbocycles. The quantitative estimate of drug-likeness (QED) is 0.180. The number of hydrogen-bond donors (Lipinski definition) is 1. The summed E-state index contributed by atoms with van der Waals surface area (Å²) in [5, 5.41) is 4.48. The van der Waals surface area contributed by atoms with Gasteiger partial charge < -0.3 is 9.30 Å². The zero-order chi connectivity index (χ0) is 23.5. The second-order valence-corrected chi connectivity index (χ2v) is 9.79. The van der Waals surface area contributed by atoms with E-state index < -0.39 is 0 Å². The normalized spacial score (nSPS) is 11.9. The van der Waals surface area contributed by atoms with Gasteiger partial charge in [0.2, 0.25) is 0 Å². The standard InChI is InChI=1S/C26H35ClN4OS/c1-3-5-7-8-9-10-16-32-24-18-23-25(17-22(24)30-28)33-26(29-15-6-4-2)31(23)19-20-11-13-21(27)14-12-20/h11-14,17-18,28H,3-10,15-16,19H2,1-2H3/b29-26+,30-28?. The van der Waals surface area contributed by atoms with Crippen LogP contribution < -0.4 is 9.54 Å². The first-order valence-electron chi connectivity index (χ1n) is 12.1. The number of hydrogen-bond acceptors (Lipinski definition) is 5. The Balaban J connectivity index is 1.87. The molecule has 0 saturated heterocycles. The molecule has 5 nitrogen and oxygen atoms in total. The SMILES string of the molecule is CCCCCCCCOc1cc2c(cc1N=N)s/c(=N/CCCC)n2Cc1ccc(Cl)cc1. The average Bonchev–Trinajstić information content (AvgIpc) is 3.15. The maximum Gasteiger partial charge on any atom is 0.186 e. The van der Waals surface area contributed by atoms with Crippen molar-refractivity contribution in [2.45, 2.75) is 71.8 Å². The molecule has 0 amide bonds. The van der Waals surface area contributed by atoms with Gasteiger partial charge in [0.25, 0.3) is 0 Å². The Morgan fingerprint density at radius 1 is 0.970 bits per heavy atom. The van der Waals surface area contributed by atoms with Crippen LogP contribution in [0.3, 0.4) is 0 Å². The summed E-state index contributed by atoms with van der Waals surface area (Å²) in [6.45, 7) is 6.57. The monoisotopic (exact) mass is 486 g/mol. The van der Waals surface area contributed by atoms with Crippen LogP contribution >= 0.6 is 22.9 Å². The van der Waals surface area contributed by atoms with E-state index in [0.29, 0.717) is 24.6 Å². The molecule has 0 aliphatic carbocycles. The molecule has 1 heterocycles. The highest BCUT2D eigenvalue weighted by atomic mass is 35.5. The first-order chi connectivity index (χ1) is 16.2.